The summed E-state index contributed by atoms with van der Waals surface area (Å²) in [6.45, 7) is 4.02. The van der Waals surface area contributed by atoms with E-state index in [1.165, 1.54) is 0 Å². The highest BCUT2D eigenvalue weighted by molar-refractivity contribution is 5.72. The minimum absolute atomic E-state index is 0.0109. The summed E-state index contributed by atoms with van der Waals surface area (Å²) in [5, 5.41) is 2.90. The molecule has 1 aromatic carbocycles. The Kier molecular flexibility index (Phi) is 5.88. The zero-order valence-electron chi connectivity index (χ0n) is 15.1. The highest BCUT2D eigenvalue weighted by Gasteiger charge is 2.21. The Labute approximate surface area is 153 Å². The number of carbonyl (C=O) groups is 1. The second kappa shape index (κ2) is 8.51. The van der Waals surface area contributed by atoms with E-state index in [0.29, 0.717) is 24.1 Å². The van der Waals surface area contributed by atoms with Crippen LogP contribution in [-0.2, 0) is 4.79 Å². The number of rotatable bonds is 6. The van der Waals surface area contributed by atoms with Crippen LogP contribution in [0.3, 0.4) is 0 Å². The molecule has 0 spiro atoms. The van der Waals surface area contributed by atoms with Crippen molar-refractivity contribution in [2.75, 3.05) is 31.6 Å². The number of hydrogen-bond acceptors (Lipinski definition) is 6. The molecular weight excluding hydrogens is 332 g/mol. The first-order chi connectivity index (χ1) is 12.6. The van der Waals surface area contributed by atoms with E-state index >= 15 is 0 Å². The molecule has 138 valence electrons. The van der Waals surface area contributed by atoms with E-state index in [1.807, 2.05) is 24.3 Å². The van der Waals surface area contributed by atoms with Gasteiger partial charge in [0.25, 0.3) is 0 Å². The summed E-state index contributed by atoms with van der Waals surface area (Å²) < 4.78 is 10.9. The van der Waals surface area contributed by atoms with Gasteiger partial charge in [-0.3, -0.25) is 9.78 Å². The molecule has 2 heterocycles. The van der Waals surface area contributed by atoms with Gasteiger partial charge < -0.3 is 19.7 Å². The van der Waals surface area contributed by atoms with Crippen LogP contribution in [0.1, 0.15) is 19.8 Å². The molecule has 3 rings (SSSR count). The predicted octanol–water partition coefficient (Wildman–Crippen LogP) is 2.63. The molecule has 0 aliphatic carbocycles. The molecular formula is C19H24N4O3. The van der Waals surface area contributed by atoms with Crippen LogP contribution in [-0.4, -0.2) is 42.6 Å². The smallest absolute Gasteiger partial charge is 0.239 e. The lowest BCUT2D eigenvalue weighted by molar-refractivity contribution is -0.119. The number of methoxy groups -OCH3 is 1. The van der Waals surface area contributed by atoms with Crippen LogP contribution in [0.2, 0.25) is 0 Å². The lowest BCUT2D eigenvalue weighted by atomic mass is 9.98. The van der Waals surface area contributed by atoms with Gasteiger partial charge in [0.05, 0.1) is 19.5 Å². The van der Waals surface area contributed by atoms with Gasteiger partial charge in [0.15, 0.2) is 5.82 Å². The molecule has 26 heavy (non-hydrogen) atoms. The number of benzene rings is 1. The summed E-state index contributed by atoms with van der Waals surface area (Å²) in [5.74, 6) is 3.13. The third kappa shape index (κ3) is 4.84. The number of ether oxygens (including phenoxy) is 2. The van der Waals surface area contributed by atoms with Crippen molar-refractivity contribution in [3.8, 4) is 17.4 Å². The monoisotopic (exact) mass is 356 g/mol. The maximum absolute atomic E-state index is 11.1. The molecule has 1 amide bonds. The van der Waals surface area contributed by atoms with Gasteiger partial charge >= 0.3 is 0 Å². The maximum atomic E-state index is 11.1. The van der Waals surface area contributed by atoms with E-state index in [-0.39, 0.29) is 5.91 Å². The molecule has 0 bridgehead atoms. The number of aromatic nitrogens is 2. The SMILES string of the molecule is COc1ccc(Oc2cncc(N3CCCC(CNC(C)=O)C3)n2)cc1. The normalized spacial score (nSPS) is 16.8. The quantitative estimate of drug-likeness (QED) is 0.857. The number of hydrogen-bond donors (Lipinski definition) is 1. The molecule has 2 aromatic rings. The van der Waals surface area contributed by atoms with E-state index < -0.39 is 0 Å². The van der Waals surface area contributed by atoms with Gasteiger partial charge in [-0.25, -0.2) is 0 Å². The summed E-state index contributed by atoms with van der Waals surface area (Å²) in [7, 11) is 1.63. The molecule has 1 fully saturated rings. The second-order valence-electron chi connectivity index (χ2n) is 6.38. The first-order valence-corrected chi connectivity index (χ1v) is 8.77. The number of amides is 1. The van der Waals surface area contributed by atoms with Crippen molar-refractivity contribution >= 4 is 11.7 Å². The molecule has 1 aromatic heterocycles. The van der Waals surface area contributed by atoms with Crippen molar-refractivity contribution in [2.24, 2.45) is 5.92 Å². The molecule has 1 saturated heterocycles. The largest absolute Gasteiger partial charge is 0.497 e. The van der Waals surface area contributed by atoms with Gasteiger partial charge in [-0.15, -0.1) is 0 Å². The molecule has 1 atom stereocenters. The fraction of sp³-hybridized carbons (Fsp3) is 0.421. The van der Waals surface area contributed by atoms with Crippen molar-refractivity contribution in [3.63, 3.8) is 0 Å². The Hall–Kier alpha value is -2.83. The highest BCUT2D eigenvalue weighted by Crippen LogP contribution is 2.25. The molecule has 1 aliphatic heterocycles. The Balaban J connectivity index is 1.65. The van der Waals surface area contributed by atoms with Gasteiger partial charge in [0.1, 0.15) is 11.5 Å². The number of piperidine rings is 1. The minimum Gasteiger partial charge on any atom is -0.497 e. The van der Waals surface area contributed by atoms with Crippen LogP contribution in [0.15, 0.2) is 36.7 Å². The van der Waals surface area contributed by atoms with E-state index in [4.69, 9.17) is 9.47 Å². The van der Waals surface area contributed by atoms with Crippen molar-refractivity contribution in [1.82, 2.24) is 15.3 Å². The molecule has 0 saturated carbocycles. The van der Waals surface area contributed by atoms with Gasteiger partial charge in [-0.1, -0.05) is 0 Å². The average Bonchev–Trinajstić information content (AvgIpc) is 2.67. The lowest BCUT2D eigenvalue weighted by Gasteiger charge is -2.33. The fourth-order valence-electron chi connectivity index (χ4n) is 3.03. The van der Waals surface area contributed by atoms with Gasteiger partial charge in [-0.2, -0.15) is 4.98 Å². The van der Waals surface area contributed by atoms with Crippen molar-refractivity contribution in [2.45, 2.75) is 19.8 Å². The third-order valence-corrected chi connectivity index (χ3v) is 4.36. The molecule has 1 unspecified atom stereocenters. The van der Waals surface area contributed by atoms with Crippen molar-refractivity contribution < 1.29 is 14.3 Å². The molecule has 7 nitrogen and oxygen atoms in total. The molecule has 7 heteroatoms. The number of anilines is 1. The third-order valence-electron chi connectivity index (χ3n) is 4.36. The average molecular weight is 356 g/mol. The highest BCUT2D eigenvalue weighted by atomic mass is 16.5. The Bertz CT molecular complexity index is 736. The van der Waals surface area contributed by atoms with Crippen molar-refractivity contribution in [3.05, 3.63) is 36.7 Å². The number of nitrogens with one attached hydrogen (secondary N) is 1. The Morgan fingerprint density at radius 1 is 1.27 bits per heavy atom. The van der Waals surface area contributed by atoms with Gasteiger partial charge in [-0.05, 0) is 43.0 Å². The summed E-state index contributed by atoms with van der Waals surface area (Å²) >= 11 is 0. The fourth-order valence-corrected chi connectivity index (χ4v) is 3.03. The molecule has 0 radical (unpaired) electrons. The van der Waals surface area contributed by atoms with Gasteiger partial charge in [0, 0.05) is 26.6 Å². The van der Waals surface area contributed by atoms with Crippen LogP contribution < -0.4 is 19.7 Å². The standard InChI is InChI=1S/C19H24N4O3/c1-14(24)21-10-15-4-3-9-23(13-15)18-11-20-12-19(22-18)26-17-7-5-16(25-2)6-8-17/h5-8,11-12,15H,3-4,9-10,13H2,1-2H3,(H,21,24). The Morgan fingerprint density at radius 2 is 2.04 bits per heavy atom. The zero-order chi connectivity index (χ0) is 18.4. The zero-order valence-corrected chi connectivity index (χ0v) is 15.1. The number of carbonyl (C=O) groups excluding carboxylic acids is 1. The van der Waals surface area contributed by atoms with Crippen LogP contribution in [0.5, 0.6) is 17.4 Å². The topological polar surface area (TPSA) is 76.6 Å². The molecule has 1 aliphatic rings. The first-order valence-electron chi connectivity index (χ1n) is 8.77. The van der Waals surface area contributed by atoms with E-state index in [1.54, 1.807) is 26.4 Å². The second-order valence-corrected chi connectivity index (χ2v) is 6.38. The van der Waals surface area contributed by atoms with Crippen molar-refractivity contribution in [1.29, 1.82) is 0 Å². The van der Waals surface area contributed by atoms with Crippen LogP contribution in [0.25, 0.3) is 0 Å². The Morgan fingerprint density at radius 3 is 2.77 bits per heavy atom. The summed E-state index contributed by atoms with van der Waals surface area (Å²) in [5.41, 5.74) is 0. The minimum atomic E-state index is 0.0109. The lowest BCUT2D eigenvalue weighted by Crippen LogP contribution is -2.41. The van der Waals surface area contributed by atoms with Crippen LogP contribution in [0, 0.1) is 5.92 Å². The van der Waals surface area contributed by atoms with Crippen LogP contribution >= 0.6 is 0 Å². The molecule has 1 N–H and O–H groups in total. The summed E-state index contributed by atoms with van der Waals surface area (Å²) in [4.78, 5) is 22.2. The van der Waals surface area contributed by atoms with E-state index in [2.05, 4.69) is 20.2 Å². The van der Waals surface area contributed by atoms with Crippen LogP contribution in [0.4, 0.5) is 5.82 Å². The van der Waals surface area contributed by atoms with Gasteiger partial charge in [0.2, 0.25) is 11.8 Å². The summed E-state index contributed by atoms with van der Waals surface area (Å²) in [6.07, 6.45) is 5.52. The maximum Gasteiger partial charge on any atom is 0.239 e. The predicted molar refractivity (Wildman–Crippen MR) is 98.7 cm³/mol. The van der Waals surface area contributed by atoms with E-state index in [9.17, 15) is 4.79 Å². The van der Waals surface area contributed by atoms with E-state index in [0.717, 1.165) is 37.5 Å². The summed E-state index contributed by atoms with van der Waals surface area (Å²) in [6, 6.07) is 7.34. The number of nitrogens with zero attached hydrogens (tertiary/aromatic N) is 3. The first kappa shape index (κ1) is 18.0.